The van der Waals surface area contributed by atoms with Crippen molar-refractivity contribution in [3.8, 4) is 0 Å². The van der Waals surface area contributed by atoms with E-state index in [2.05, 4.69) is 0 Å². The van der Waals surface area contributed by atoms with E-state index in [0.717, 1.165) is 24.0 Å². The second kappa shape index (κ2) is 2.97. The minimum absolute atomic E-state index is 0.217. The fraction of sp³-hybridized carbons (Fsp3) is 0.667. The van der Waals surface area contributed by atoms with Crippen LogP contribution < -0.4 is 0 Å². The minimum atomic E-state index is -1.31. The summed E-state index contributed by atoms with van der Waals surface area (Å²) in [7, 11) is 0. The van der Waals surface area contributed by atoms with Gasteiger partial charge in [0.25, 0.3) is 0 Å². The second-order valence-corrected chi connectivity index (χ2v) is 6.80. The topological polar surface area (TPSA) is 57.5 Å². The van der Waals surface area contributed by atoms with Gasteiger partial charge in [0.15, 0.2) is 5.78 Å². The molecule has 3 rings (SSSR count). The highest BCUT2D eigenvalue weighted by atomic mass is 16.3. The molecule has 0 bridgehead atoms. The number of aliphatic hydroxyl groups excluding tert-OH is 1. The van der Waals surface area contributed by atoms with Gasteiger partial charge in [-0.25, -0.2) is 0 Å². The van der Waals surface area contributed by atoms with Crippen molar-refractivity contribution in [2.45, 2.75) is 52.2 Å². The first kappa shape index (κ1) is 12.1. The van der Waals surface area contributed by atoms with E-state index < -0.39 is 22.5 Å². The summed E-state index contributed by atoms with van der Waals surface area (Å²) in [6.07, 6.45) is 2.86. The van der Waals surface area contributed by atoms with Crippen molar-refractivity contribution in [3.05, 3.63) is 22.8 Å². The Kier molecular flexibility index (Phi) is 2.00. The molecule has 0 aromatic heterocycles. The molecule has 2 N–H and O–H groups in total. The molecule has 0 saturated heterocycles. The molecule has 0 amide bonds. The average Bonchev–Trinajstić information content (AvgIpc) is 3.02. The molecule has 3 heteroatoms. The van der Waals surface area contributed by atoms with Gasteiger partial charge in [-0.05, 0) is 32.3 Å². The van der Waals surface area contributed by atoms with Crippen molar-refractivity contribution < 1.29 is 15.0 Å². The number of carbonyl (C=O) groups excluding carboxylic acids is 1. The lowest BCUT2D eigenvalue weighted by Gasteiger charge is -2.39. The van der Waals surface area contributed by atoms with E-state index in [1.54, 1.807) is 6.92 Å². The van der Waals surface area contributed by atoms with Gasteiger partial charge in [-0.2, -0.15) is 0 Å². The number of Topliss-reactive ketones (excluding diaryl/α,β-unsaturated/α-hetero) is 1. The van der Waals surface area contributed by atoms with E-state index in [1.807, 2.05) is 26.8 Å². The predicted molar refractivity (Wildman–Crippen MR) is 67.9 cm³/mol. The van der Waals surface area contributed by atoms with Crippen molar-refractivity contribution in [3.63, 3.8) is 0 Å². The van der Waals surface area contributed by atoms with Crippen LogP contribution in [-0.4, -0.2) is 27.7 Å². The highest BCUT2D eigenvalue weighted by Crippen LogP contribution is 2.65. The lowest BCUT2D eigenvalue weighted by atomic mass is 9.67. The molecule has 3 aliphatic rings. The highest BCUT2D eigenvalue weighted by Gasteiger charge is 2.66. The highest BCUT2D eigenvalue weighted by molar-refractivity contribution is 6.09. The second-order valence-electron chi connectivity index (χ2n) is 6.80. The Labute approximate surface area is 107 Å². The SMILES string of the molecule is CC1=C2C(=CC(C)(C)C2O)C(=O)[C@@](C)(O)C12CC2. The predicted octanol–water partition coefficient (Wildman–Crippen LogP) is 1.74. The summed E-state index contributed by atoms with van der Waals surface area (Å²) in [6.45, 7) is 7.43. The van der Waals surface area contributed by atoms with Crippen molar-refractivity contribution in [2.75, 3.05) is 0 Å². The first-order chi connectivity index (χ1) is 8.15. The third-order valence-corrected chi connectivity index (χ3v) is 5.28. The molecule has 18 heavy (non-hydrogen) atoms. The fourth-order valence-corrected chi connectivity index (χ4v) is 3.73. The van der Waals surface area contributed by atoms with Gasteiger partial charge in [0.1, 0.15) is 5.60 Å². The third kappa shape index (κ3) is 1.10. The van der Waals surface area contributed by atoms with E-state index in [1.165, 1.54) is 0 Å². The molecule has 1 unspecified atom stereocenters. The van der Waals surface area contributed by atoms with Crippen LogP contribution in [0.5, 0.6) is 0 Å². The monoisotopic (exact) mass is 248 g/mol. The van der Waals surface area contributed by atoms with Crippen LogP contribution >= 0.6 is 0 Å². The zero-order chi connectivity index (χ0) is 13.5. The van der Waals surface area contributed by atoms with Crippen molar-refractivity contribution in [1.82, 2.24) is 0 Å². The summed E-state index contributed by atoms with van der Waals surface area (Å²) >= 11 is 0. The molecular formula is C15H20O3. The number of hydrogen-bond acceptors (Lipinski definition) is 3. The number of aliphatic hydroxyl groups is 2. The number of carbonyl (C=O) groups is 1. The van der Waals surface area contributed by atoms with Gasteiger partial charge < -0.3 is 10.2 Å². The van der Waals surface area contributed by atoms with E-state index in [0.29, 0.717) is 5.57 Å². The van der Waals surface area contributed by atoms with Crippen LogP contribution in [0.15, 0.2) is 22.8 Å². The standard InChI is InChI=1S/C15H20O3/c1-8-10-9(7-13(2,3)12(10)17)11(16)14(4,18)15(8)5-6-15/h7,12,17-18H,5-6H2,1-4H3/t12?,14-/m1/s1. The van der Waals surface area contributed by atoms with Crippen LogP contribution in [-0.2, 0) is 4.79 Å². The maximum absolute atomic E-state index is 12.5. The van der Waals surface area contributed by atoms with E-state index in [-0.39, 0.29) is 5.78 Å². The van der Waals surface area contributed by atoms with Gasteiger partial charge in [-0.3, -0.25) is 4.79 Å². The van der Waals surface area contributed by atoms with Crippen molar-refractivity contribution >= 4 is 5.78 Å². The zero-order valence-electron chi connectivity index (χ0n) is 11.4. The zero-order valence-corrected chi connectivity index (χ0v) is 11.4. The van der Waals surface area contributed by atoms with Crippen LogP contribution in [0.1, 0.15) is 40.5 Å². The first-order valence-electron chi connectivity index (χ1n) is 6.55. The molecule has 3 nitrogen and oxygen atoms in total. The summed E-state index contributed by atoms with van der Waals surface area (Å²) in [6, 6.07) is 0. The quantitative estimate of drug-likeness (QED) is 0.686. The molecule has 0 aromatic carbocycles. The molecule has 0 aromatic rings. The molecule has 0 radical (unpaired) electrons. The molecule has 1 saturated carbocycles. The Hall–Kier alpha value is -0.930. The number of fused-ring (bicyclic) bond motifs is 1. The Morgan fingerprint density at radius 3 is 2.33 bits per heavy atom. The number of hydrogen-bond donors (Lipinski definition) is 2. The van der Waals surface area contributed by atoms with Crippen LogP contribution in [0.4, 0.5) is 0 Å². The Morgan fingerprint density at radius 1 is 1.28 bits per heavy atom. The maximum atomic E-state index is 12.5. The van der Waals surface area contributed by atoms with E-state index in [4.69, 9.17) is 0 Å². The van der Waals surface area contributed by atoms with Crippen LogP contribution in [0.25, 0.3) is 0 Å². The fourth-order valence-electron chi connectivity index (χ4n) is 3.73. The van der Waals surface area contributed by atoms with Gasteiger partial charge in [0, 0.05) is 16.4 Å². The Morgan fingerprint density at radius 2 is 1.83 bits per heavy atom. The lowest BCUT2D eigenvalue weighted by molar-refractivity contribution is -0.138. The average molecular weight is 248 g/mol. The molecular weight excluding hydrogens is 228 g/mol. The van der Waals surface area contributed by atoms with Crippen LogP contribution in [0, 0.1) is 10.8 Å². The summed E-state index contributed by atoms with van der Waals surface area (Å²) in [5, 5.41) is 21.0. The molecule has 0 aliphatic heterocycles. The van der Waals surface area contributed by atoms with Crippen LogP contribution in [0.3, 0.4) is 0 Å². The van der Waals surface area contributed by atoms with E-state index >= 15 is 0 Å². The summed E-state index contributed by atoms with van der Waals surface area (Å²) in [5.74, 6) is -0.217. The maximum Gasteiger partial charge on any atom is 0.195 e. The van der Waals surface area contributed by atoms with Gasteiger partial charge in [-0.15, -0.1) is 0 Å². The van der Waals surface area contributed by atoms with Gasteiger partial charge in [0.05, 0.1) is 6.10 Å². The lowest BCUT2D eigenvalue weighted by Crippen LogP contribution is -2.49. The van der Waals surface area contributed by atoms with E-state index in [9.17, 15) is 15.0 Å². The summed E-state index contributed by atoms with van der Waals surface area (Å²) in [4.78, 5) is 12.5. The molecule has 1 spiro atoms. The molecule has 98 valence electrons. The third-order valence-electron chi connectivity index (χ3n) is 5.28. The largest absolute Gasteiger partial charge is 0.388 e. The number of ketones is 1. The van der Waals surface area contributed by atoms with Crippen LogP contribution in [0.2, 0.25) is 0 Å². The molecule has 2 atom stereocenters. The molecule has 0 heterocycles. The molecule has 3 aliphatic carbocycles. The normalized spacial score (nSPS) is 40.0. The van der Waals surface area contributed by atoms with Gasteiger partial charge in [-0.1, -0.05) is 25.5 Å². The first-order valence-corrected chi connectivity index (χ1v) is 6.55. The van der Waals surface area contributed by atoms with Crippen molar-refractivity contribution in [2.24, 2.45) is 10.8 Å². The Balaban J connectivity index is 2.28. The van der Waals surface area contributed by atoms with Gasteiger partial charge >= 0.3 is 0 Å². The van der Waals surface area contributed by atoms with Gasteiger partial charge in [0.2, 0.25) is 0 Å². The minimum Gasteiger partial charge on any atom is -0.388 e. The van der Waals surface area contributed by atoms with Crippen molar-refractivity contribution in [1.29, 1.82) is 0 Å². The smallest absolute Gasteiger partial charge is 0.195 e. The summed E-state index contributed by atoms with van der Waals surface area (Å²) < 4.78 is 0. The summed E-state index contributed by atoms with van der Waals surface area (Å²) in [5.41, 5.74) is 0.154. The Bertz CT molecular complexity index is 516. The molecule has 1 fully saturated rings. The number of rotatable bonds is 0.